The fraction of sp³-hybridized carbons (Fsp3) is 0.261. The van der Waals surface area contributed by atoms with Crippen LogP contribution in [0.4, 0.5) is 29.3 Å². The maximum Gasteiger partial charge on any atom is 0.416 e. The zero-order valence-electron chi connectivity index (χ0n) is 17.9. The minimum Gasteiger partial charge on any atom is -0.308 e. The van der Waals surface area contributed by atoms with Gasteiger partial charge in [0, 0.05) is 11.3 Å². The summed E-state index contributed by atoms with van der Waals surface area (Å²) in [7, 11) is -3.59. The summed E-state index contributed by atoms with van der Waals surface area (Å²) in [5.41, 5.74) is 0.679. The van der Waals surface area contributed by atoms with E-state index in [1.54, 1.807) is 6.07 Å². The Morgan fingerprint density at radius 3 is 2.48 bits per heavy atom. The number of nitrogens with one attached hydrogen (secondary N) is 2. The van der Waals surface area contributed by atoms with Crippen LogP contribution in [0.15, 0.2) is 64.2 Å². The first-order chi connectivity index (χ1) is 15.5. The van der Waals surface area contributed by atoms with Crippen molar-refractivity contribution >= 4 is 38.6 Å². The SMILES string of the molecule is CCC(C)CS(=O)(=O)c1ccc(-c2ccsc2)c(NC(=O)Nc2cccc(C(F)(F)F)c2)c1. The molecule has 0 saturated carbocycles. The van der Waals surface area contributed by atoms with E-state index < -0.39 is 27.6 Å². The number of urea groups is 1. The number of benzene rings is 2. The third kappa shape index (κ3) is 6.35. The van der Waals surface area contributed by atoms with E-state index in [4.69, 9.17) is 0 Å². The fourth-order valence-electron chi connectivity index (χ4n) is 3.14. The second-order valence-electron chi connectivity index (χ2n) is 7.67. The summed E-state index contributed by atoms with van der Waals surface area (Å²) in [6.45, 7) is 3.75. The smallest absolute Gasteiger partial charge is 0.308 e. The Hall–Kier alpha value is -2.85. The number of carbonyl (C=O) groups is 1. The number of anilines is 2. The molecule has 1 aromatic heterocycles. The molecular weight excluding hydrogens is 473 g/mol. The van der Waals surface area contributed by atoms with Gasteiger partial charge in [-0.3, -0.25) is 0 Å². The second-order valence-corrected chi connectivity index (χ2v) is 10.5. The van der Waals surface area contributed by atoms with E-state index in [9.17, 15) is 26.4 Å². The lowest BCUT2D eigenvalue weighted by molar-refractivity contribution is -0.137. The minimum atomic E-state index is -4.54. The van der Waals surface area contributed by atoms with Gasteiger partial charge in [0.25, 0.3) is 0 Å². The zero-order valence-corrected chi connectivity index (χ0v) is 19.6. The van der Waals surface area contributed by atoms with Gasteiger partial charge in [0.15, 0.2) is 9.84 Å². The summed E-state index contributed by atoms with van der Waals surface area (Å²) < 4.78 is 64.5. The number of amides is 2. The standard InChI is InChI=1S/C23H23F3N2O3S2/c1-3-15(2)14-33(30,31)19-7-8-20(16-9-10-32-13-16)21(12-19)28-22(29)27-18-6-4-5-17(11-18)23(24,25)26/h4-13,15H,3,14H2,1-2H3,(H2,27,28,29). The van der Waals surface area contributed by atoms with Crippen molar-refractivity contribution in [3.63, 3.8) is 0 Å². The van der Waals surface area contributed by atoms with Crippen LogP contribution in [0.5, 0.6) is 0 Å². The maximum absolute atomic E-state index is 13.0. The van der Waals surface area contributed by atoms with Crippen molar-refractivity contribution in [1.29, 1.82) is 0 Å². The lowest BCUT2D eigenvalue weighted by Gasteiger charge is -2.15. The Morgan fingerprint density at radius 2 is 1.85 bits per heavy atom. The Morgan fingerprint density at radius 1 is 1.09 bits per heavy atom. The van der Waals surface area contributed by atoms with Gasteiger partial charge >= 0.3 is 12.2 Å². The van der Waals surface area contributed by atoms with Crippen LogP contribution in [-0.4, -0.2) is 20.2 Å². The largest absolute Gasteiger partial charge is 0.416 e. The van der Waals surface area contributed by atoms with E-state index in [0.29, 0.717) is 12.0 Å². The molecule has 33 heavy (non-hydrogen) atoms. The quantitative estimate of drug-likeness (QED) is 0.374. The third-order valence-corrected chi connectivity index (χ3v) is 7.74. The van der Waals surface area contributed by atoms with Crippen LogP contribution in [-0.2, 0) is 16.0 Å². The highest BCUT2D eigenvalue weighted by Gasteiger charge is 2.30. The predicted octanol–water partition coefficient (Wildman–Crippen LogP) is 6.90. The molecule has 0 aliphatic heterocycles. The summed E-state index contributed by atoms with van der Waals surface area (Å²) in [5.74, 6) is -0.0656. The molecule has 0 bridgehead atoms. The van der Waals surface area contributed by atoms with Crippen molar-refractivity contribution in [2.45, 2.75) is 31.3 Å². The molecular formula is C23H23F3N2O3S2. The van der Waals surface area contributed by atoms with Crippen molar-refractivity contribution in [2.75, 3.05) is 16.4 Å². The highest BCUT2D eigenvalue weighted by atomic mass is 32.2. The average molecular weight is 497 g/mol. The molecule has 0 aliphatic rings. The first-order valence-corrected chi connectivity index (χ1v) is 12.7. The van der Waals surface area contributed by atoms with Crippen molar-refractivity contribution in [3.8, 4) is 11.1 Å². The number of hydrogen-bond acceptors (Lipinski definition) is 4. The molecule has 0 spiro atoms. The number of carbonyl (C=O) groups excluding carboxylic acids is 1. The topological polar surface area (TPSA) is 75.3 Å². The van der Waals surface area contributed by atoms with Crippen molar-refractivity contribution in [3.05, 3.63) is 64.9 Å². The Labute approximate surface area is 194 Å². The van der Waals surface area contributed by atoms with E-state index in [1.807, 2.05) is 30.7 Å². The van der Waals surface area contributed by atoms with Gasteiger partial charge in [0.05, 0.1) is 21.9 Å². The molecule has 5 nitrogen and oxygen atoms in total. The highest BCUT2D eigenvalue weighted by Crippen LogP contribution is 2.33. The van der Waals surface area contributed by atoms with E-state index in [-0.39, 0.29) is 27.9 Å². The molecule has 176 valence electrons. The minimum absolute atomic E-state index is 0.0306. The summed E-state index contributed by atoms with van der Waals surface area (Å²) in [4.78, 5) is 12.7. The fourth-order valence-corrected chi connectivity index (χ4v) is 5.54. The van der Waals surface area contributed by atoms with Gasteiger partial charge in [-0.25, -0.2) is 13.2 Å². The Balaban J connectivity index is 1.91. The molecule has 1 atom stereocenters. The molecule has 2 N–H and O–H groups in total. The van der Waals surface area contributed by atoms with Crippen LogP contribution in [0, 0.1) is 5.92 Å². The highest BCUT2D eigenvalue weighted by molar-refractivity contribution is 7.91. The molecule has 0 radical (unpaired) electrons. The molecule has 3 rings (SSSR count). The van der Waals surface area contributed by atoms with Gasteiger partial charge in [0.2, 0.25) is 0 Å². The number of thiophene rings is 1. The maximum atomic E-state index is 13.0. The molecule has 1 heterocycles. The average Bonchev–Trinajstić information content (AvgIpc) is 3.27. The summed E-state index contributed by atoms with van der Waals surface area (Å²) in [6, 6.07) is 9.79. The molecule has 2 aromatic carbocycles. The normalized spacial score (nSPS) is 12.9. The lowest BCUT2D eigenvalue weighted by Crippen LogP contribution is -2.21. The van der Waals surface area contributed by atoms with Crippen molar-refractivity contribution in [1.82, 2.24) is 0 Å². The number of sulfone groups is 1. The number of halogens is 3. The number of alkyl halides is 3. The van der Waals surface area contributed by atoms with Crippen LogP contribution in [0.1, 0.15) is 25.8 Å². The third-order valence-electron chi connectivity index (χ3n) is 5.08. The van der Waals surface area contributed by atoms with Crippen LogP contribution in [0.3, 0.4) is 0 Å². The van der Waals surface area contributed by atoms with Crippen LogP contribution in [0.25, 0.3) is 11.1 Å². The van der Waals surface area contributed by atoms with Crippen LogP contribution >= 0.6 is 11.3 Å². The van der Waals surface area contributed by atoms with Gasteiger partial charge < -0.3 is 10.6 Å². The Bertz CT molecular complexity index is 1220. The molecule has 0 saturated heterocycles. The monoisotopic (exact) mass is 496 g/mol. The van der Waals surface area contributed by atoms with Gasteiger partial charge in [-0.15, -0.1) is 0 Å². The first kappa shape index (κ1) is 24.8. The van der Waals surface area contributed by atoms with Crippen LogP contribution in [0.2, 0.25) is 0 Å². The second kappa shape index (κ2) is 9.96. The molecule has 1 unspecified atom stereocenters. The van der Waals surface area contributed by atoms with Gasteiger partial charge in [-0.1, -0.05) is 32.4 Å². The molecule has 10 heteroatoms. The first-order valence-electron chi connectivity index (χ1n) is 10.1. The molecule has 0 aliphatic carbocycles. The zero-order chi connectivity index (χ0) is 24.2. The van der Waals surface area contributed by atoms with E-state index in [2.05, 4.69) is 10.6 Å². The molecule has 0 fully saturated rings. The summed E-state index contributed by atoms with van der Waals surface area (Å²) >= 11 is 1.44. The van der Waals surface area contributed by atoms with Crippen molar-refractivity contribution in [2.24, 2.45) is 5.92 Å². The van der Waals surface area contributed by atoms with Gasteiger partial charge in [0.1, 0.15) is 0 Å². The summed E-state index contributed by atoms with van der Waals surface area (Å²) in [6.07, 6.45) is -3.84. The molecule has 3 aromatic rings. The van der Waals surface area contributed by atoms with Crippen LogP contribution < -0.4 is 10.6 Å². The van der Waals surface area contributed by atoms with E-state index in [1.165, 1.54) is 35.6 Å². The van der Waals surface area contributed by atoms with Gasteiger partial charge in [-0.2, -0.15) is 24.5 Å². The van der Waals surface area contributed by atoms with E-state index >= 15 is 0 Å². The molecule has 2 amide bonds. The summed E-state index contributed by atoms with van der Waals surface area (Å²) in [5, 5.41) is 8.66. The predicted molar refractivity (Wildman–Crippen MR) is 125 cm³/mol. The van der Waals surface area contributed by atoms with E-state index in [0.717, 1.165) is 17.7 Å². The Kier molecular flexibility index (Phi) is 7.48. The number of hydrogen-bond donors (Lipinski definition) is 2. The number of rotatable bonds is 7. The lowest BCUT2D eigenvalue weighted by atomic mass is 10.1. The van der Waals surface area contributed by atoms with Gasteiger partial charge in [-0.05, 0) is 58.6 Å². The van der Waals surface area contributed by atoms with Crippen molar-refractivity contribution < 1.29 is 26.4 Å².